The number of carbonyl (C=O) groups excluding carboxylic acids is 1. The third-order valence-electron chi connectivity index (χ3n) is 4.09. The van der Waals surface area contributed by atoms with Gasteiger partial charge in [0, 0.05) is 52.8 Å². The smallest absolute Gasteiger partial charge is 0.222 e. The number of nitrogens with one attached hydrogen (secondary N) is 2. The summed E-state index contributed by atoms with van der Waals surface area (Å²) in [6.45, 7) is 7.14. The molecule has 0 radical (unpaired) electrons. The number of hydrogen-bond acceptors (Lipinski definition) is 4. The molecule has 7 nitrogen and oxygen atoms in total. The molecule has 7 heteroatoms. The van der Waals surface area contributed by atoms with E-state index in [0.717, 1.165) is 58.1 Å². The molecule has 1 rings (SSSR count). The number of likely N-dealkylation sites (N-methyl/N-ethyl adjacent to an activating group) is 1. The SMILES string of the molecule is CCC(=O)N1CCC(NC(=NC)NCCCN(C)CCOC)C1. The first-order valence-electron chi connectivity index (χ1n) is 8.53. The number of guanidine groups is 1. The first-order chi connectivity index (χ1) is 11.1. The van der Waals surface area contributed by atoms with Crippen molar-refractivity contribution in [3.8, 4) is 0 Å². The van der Waals surface area contributed by atoms with Crippen molar-refractivity contribution in [3.05, 3.63) is 0 Å². The van der Waals surface area contributed by atoms with E-state index in [1.807, 2.05) is 11.8 Å². The fraction of sp³-hybridized carbons (Fsp3) is 0.875. The van der Waals surface area contributed by atoms with Gasteiger partial charge in [-0.15, -0.1) is 0 Å². The summed E-state index contributed by atoms with van der Waals surface area (Å²) in [5, 5.41) is 6.75. The molecule has 2 N–H and O–H groups in total. The molecule has 0 aromatic heterocycles. The summed E-state index contributed by atoms with van der Waals surface area (Å²) in [6, 6.07) is 0.293. The molecule has 0 aliphatic carbocycles. The molecule has 1 amide bonds. The van der Waals surface area contributed by atoms with E-state index in [-0.39, 0.29) is 5.91 Å². The lowest BCUT2D eigenvalue weighted by Gasteiger charge is -2.19. The third kappa shape index (κ3) is 7.65. The third-order valence-corrected chi connectivity index (χ3v) is 4.09. The number of likely N-dealkylation sites (tertiary alicyclic amines) is 1. The molecule has 0 spiro atoms. The van der Waals surface area contributed by atoms with Crippen LogP contribution in [0.15, 0.2) is 4.99 Å². The average molecular weight is 327 g/mol. The fourth-order valence-electron chi connectivity index (χ4n) is 2.63. The molecule has 1 heterocycles. The predicted molar refractivity (Wildman–Crippen MR) is 93.8 cm³/mol. The molecule has 134 valence electrons. The molecule has 1 atom stereocenters. The Balaban J connectivity index is 2.19. The van der Waals surface area contributed by atoms with Gasteiger partial charge in [-0.1, -0.05) is 6.92 Å². The Hall–Kier alpha value is -1.34. The summed E-state index contributed by atoms with van der Waals surface area (Å²) >= 11 is 0. The van der Waals surface area contributed by atoms with Gasteiger partial charge in [-0.05, 0) is 26.4 Å². The topological polar surface area (TPSA) is 69.2 Å². The fourth-order valence-corrected chi connectivity index (χ4v) is 2.63. The molecule has 0 aromatic rings. The molecule has 23 heavy (non-hydrogen) atoms. The zero-order chi connectivity index (χ0) is 17.1. The number of carbonyl (C=O) groups is 1. The van der Waals surface area contributed by atoms with Crippen LogP contribution in [0.4, 0.5) is 0 Å². The van der Waals surface area contributed by atoms with E-state index in [0.29, 0.717) is 12.5 Å². The van der Waals surface area contributed by atoms with E-state index in [4.69, 9.17) is 4.74 Å². The van der Waals surface area contributed by atoms with Crippen molar-refractivity contribution in [1.82, 2.24) is 20.4 Å². The van der Waals surface area contributed by atoms with Gasteiger partial charge in [0.25, 0.3) is 0 Å². The van der Waals surface area contributed by atoms with Crippen LogP contribution >= 0.6 is 0 Å². The molecule has 1 unspecified atom stereocenters. The van der Waals surface area contributed by atoms with Crippen molar-refractivity contribution in [2.75, 3.05) is 60.5 Å². The second-order valence-corrected chi connectivity index (χ2v) is 5.97. The van der Waals surface area contributed by atoms with E-state index < -0.39 is 0 Å². The molecule has 0 saturated carbocycles. The van der Waals surface area contributed by atoms with Gasteiger partial charge in [-0.25, -0.2) is 0 Å². The van der Waals surface area contributed by atoms with Gasteiger partial charge in [-0.2, -0.15) is 0 Å². The lowest BCUT2D eigenvalue weighted by atomic mass is 10.3. The van der Waals surface area contributed by atoms with Gasteiger partial charge >= 0.3 is 0 Å². The van der Waals surface area contributed by atoms with Gasteiger partial charge in [0.05, 0.1) is 6.61 Å². The monoisotopic (exact) mass is 327 g/mol. The van der Waals surface area contributed by atoms with Crippen LogP contribution in [0.1, 0.15) is 26.2 Å². The summed E-state index contributed by atoms with van der Waals surface area (Å²) in [7, 11) is 5.61. The maximum absolute atomic E-state index is 11.7. The van der Waals surface area contributed by atoms with Gasteiger partial charge in [0.1, 0.15) is 0 Å². The van der Waals surface area contributed by atoms with E-state index >= 15 is 0 Å². The van der Waals surface area contributed by atoms with Gasteiger partial charge in [0.15, 0.2) is 5.96 Å². The van der Waals surface area contributed by atoms with Crippen LogP contribution in [-0.4, -0.2) is 88.2 Å². The maximum Gasteiger partial charge on any atom is 0.222 e. The van der Waals surface area contributed by atoms with E-state index in [1.165, 1.54) is 0 Å². The van der Waals surface area contributed by atoms with Gasteiger partial charge in [0.2, 0.25) is 5.91 Å². The average Bonchev–Trinajstić information content (AvgIpc) is 3.03. The predicted octanol–water partition coefficient (Wildman–Crippen LogP) is 0.131. The quantitative estimate of drug-likeness (QED) is 0.358. The molecule has 1 aliphatic rings. The first kappa shape index (κ1) is 19.7. The van der Waals surface area contributed by atoms with Crippen molar-refractivity contribution in [1.29, 1.82) is 0 Å². The van der Waals surface area contributed by atoms with E-state index in [2.05, 4.69) is 27.6 Å². The maximum atomic E-state index is 11.7. The highest BCUT2D eigenvalue weighted by atomic mass is 16.5. The highest BCUT2D eigenvalue weighted by Crippen LogP contribution is 2.10. The van der Waals surface area contributed by atoms with Crippen LogP contribution in [0.5, 0.6) is 0 Å². The standard InChI is InChI=1S/C16H33N5O2/c1-5-15(22)21-10-7-14(13-21)19-16(17-2)18-8-6-9-20(3)11-12-23-4/h14H,5-13H2,1-4H3,(H2,17,18,19). The van der Waals surface area contributed by atoms with Crippen molar-refractivity contribution in [3.63, 3.8) is 0 Å². The highest BCUT2D eigenvalue weighted by molar-refractivity contribution is 5.80. The van der Waals surface area contributed by atoms with Crippen molar-refractivity contribution >= 4 is 11.9 Å². The number of rotatable bonds is 9. The Morgan fingerprint density at radius 3 is 2.87 bits per heavy atom. The van der Waals surface area contributed by atoms with Gasteiger partial charge < -0.3 is 25.2 Å². The minimum absolute atomic E-state index is 0.233. The van der Waals surface area contributed by atoms with Crippen LogP contribution in [0.2, 0.25) is 0 Å². The summed E-state index contributed by atoms with van der Waals surface area (Å²) in [5.74, 6) is 1.05. The molecule has 1 saturated heterocycles. The Bertz CT molecular complexity index is 375. The number of nitrogens with zero attached hydrogens (tertiary/aromatic N) is 3. The summed E-state index contributed by atoms with van der Waals surface area (Å²) in [4.78, 5) is 20.2. The molecular formula is C16H33N5O2. The lowest BCUT2D eigenvalue weighted by molar-refractivity contribution is -0.129. The van der Waals surface area contributed by atoms with Gasteiger partial charge in [-0.3, -0.25) is 9.79 Å². The van der Waals surface area contributed by atoms with Crippen molar-refractivity contribution < 1.29 is 9.53 Å². The Labute approximate surface area is 140 Å². The number of amides is 1. The highest BCUT2D eigenvalue weighted by Gasteiger charge is 2.25. The molecule has 1 aliphatic heterocycles. The van der Waals surface area contributed by atoms with Crippen LogP contribution in [0.25, 0.3) is 0 Å². The molecule has 1 fully saturated rings. The number of methoxy groups -OCH3 is 1. The Morgan fingerprint density at radius 2 is 2.22 bits per heavy atom. The number of aliphatic imine (C=N–C) groups is 1. The van der Waals surface area contributed by atoms with Crippen LogP contribution in [0.3, 0.4) is 0 Å². The Kier molecular flexibility index (Phi) is 9.63. The molecular weight excluding hydrogens is 294 g/mol. The van der Waals surface area contributed by atoms with E-state index in [1.54, 1.807) is 14.2 Å². The summed E-state index contributed by atoms with van der Waals surface area (Å²) in [6.07, 6.45) is 2.61. The first-order valence-corrected chi connectivity index (χ1v) is 8.53. The van der Waals surface area contributed by atoms with Crippen molar-refractivity contribution in [2.24, 2.45) is 4.99 Å². The van der Waals surface area contributed by atoms with Crippen molar-refractivity contribution in [2.45, 2.75) is 32.2 Å². The second kappa shape index (κ2) is 11.2. The largest absolute Gasteiger partial charge is 0.383 e. The van der Waals surface area contributed by atoms with Crippen LogP contribution < -0.4 is 10.6 Å². The van der Waals surface area contributed by atoms with Crippen LogP contribution in [0, 0.1) is 0 Å². The second-order valence-electron chi connectivity index (χ2n) is 5.97. The summed E-state index contributed by atoms with van der Waals surface area (Å²) < 4.78 is 5.07. The van der Waals surface area contributed by atoms with Crippen LogP contribution in [-0.2, 0) is 9.53 Å². The minimum Gasteiger partial charge on any atom is -0.383 e. The normalized spacial score (nSPS) is 18.6. The number of hydrogen-bond donors (Lipinski definition) is 2. The number of ether oxygens (including phenoxy) is 1. The van der Waals surface area contributed by atoms with E-state index in [9.17, 15) is 4.79 Å². The zero-order valence-electron chi connectivity index (χ0n) is 15.1. The summed E-state index contributed by atoms with van der Waals surface area (Å²) in [5.41, 5.74) is 0. The lowest BCUT2D eigenvalue weighted by Crippen LogP contribution is -2.45. The molecule has 0 bridgehead atoms. The Morgan fingerprint density at radius 1 is 1.43 bits per heavy atom. The zero-order valence-corrected chi connectivity index (χ0v) is 15.1. The molecule has 0 aromatic carbocycles. The minimum atomic E-state index is 0.233.